The number of likely N-dealkylation sites (tertiary alicyclic amines) is 2. The Bertz CT molecular complexity index is 276. The van der Waals surface area contributed by atoms with Gasteiger partial charge in [-0.3, -0.25) is 4.79 Å². The first-order valence-corrected chi connectivity index (χ1v) is 10.4. The molecule has 146 valence electrons. The van der Waals surface area contributed by atoms with Crippen molar-refractivity contribution in [3.63, 3.8) is 0 Å². The third-order valence-corrected chi connectivity index (χ3v) is 4.78. The van der Waals surface area contributed by atoms with Crippen LogP contribution >= 0.6 is 0 Å². The first kappa shape index (κ1) is 25.7. The van der Waals surface area contributed by atoms with Crippen molar-refractivity contribution >= 4 is 5.91 Å². The molecule has 0 aliphatic carbocycles. The van der Waals surface area contributed by atoms with Crippen molar-refractivity contribution in [3.05, 3.63) is 0 Å². The summed E-state index contributed by atoms with van der Waals surface area (Å²) in [5, 5.41) is 0. The fraction of sp³-hybridized carbons (Fsp3) is 0.952. The van der Waals surface area contributed by atoms with E-state index in [-0.39, 0.29) is 5.91 Å². The summed E-state index contributed by atoms with van der Waals surface area (Å²) in [6.07, 6.45) is 5.16. The molecule has 3 nitrogen and oxygen atoms in total. The summed E-state index contributed by atoms with van der Waals surface area (Å²) in [4.78, 5) is 15.3. The molecule has 0 unspecified atom stereocenters. The molecule has 0 aromatic rings. The molecule has 2 rings (SSSR count). The van der Waals surface area contributed by atoms with Crippen LogP contribution < -0.4 is 0 Å². The average molecular weight is 343 g/mol. The van der Waals surface area contributed by atoms with Crippen LogP contribution in [-0.4, -0.2) is 47.9 Å². The van der Waals surface area contributed by atoms with E-state index in [1.165, 1.54) is 38.8 Å². The Balaban J connectivity index is 0. The zero-order chi connectivity index (χ0) is 19.1. The molecular weight excluding hydrogens is 296 g/mol. The van der Waals surface area contributed by atoms with Crippen molar-refractivity contribution in [1.29, 1.82) is 0 Å². The molecule has 0 bridgehead atoms. The van der Waals surface area contributed by atoms with Gasteiger partial charge in [0.05, 0.1) is 0 Å². The fourth-order valence-electron chi connectivity index (χ4n) is 2.87. The number of hydrogen-bond donors (Lipinski definition) is 0. The number of piperidine rings is 2. The Kier molecular flexibility index (Phi) is 17.0. The average Bonchev–Trinajstić information content (AvgIpc) is 2.60. The Morgan fingerprint density at radius 2 is 1.12 bits per heavy atom. The normalized spacial score (nSPS) is 19.3. The minimum atomic E-state index is 0.229. The number of nitrogens with zero attached hydrogens (tertiary/aromatic N) is 2. The van der Waals surface area contributed by atoms with Gasteiger partial charge < -0.3 is 9.80 Å². The lowest BCUT2D eigenvalue weighted by Gasteiger charge is -2.33. The highest BCUT2D eigenvalue weighted by atomic mass is 16.2. The van der Waals surface area contributed by atoms with Gasteiger partial charge in [0.2, 0.25) is 5.91 Å². The molecule has 0 spiro atoms. The molecule has 0 radical (unpaired) electrons. The molecule has 2 fully saturated rings. The van der Waals surface area contributed by atoms with Crippen molar-refractivity contribution in [3.8, 4) is 0 Å². The van der Waals surface area contributed by atoms with E-state index >= 15 is 0 Å². The lowest BCUT2D eigenvalue weighted by atomic mass is 9.98. The highest BCUT2D eigenvalue weighted by Crippen LogP contribution is 2.17. The molecule has 2 saturated heterocycles. The zero-order valence-corrected chi connectivity index (χ0v) is 18.2. The van der Waals surface area contributed by atoms with Gasteiger partial charge in [0, 0.05) is 26.1 Å². The van der Waals surface area contributed by atoms with Crippen LogP contribution in [0.4, 0.5) is 0 Å². The molecule has 1 amide bonds. The van der Waals surface area contributed by atoms with E-state index in [1.807, 2.05) is 32.6 Å². The van der Waals surface area contributed by atoms with Gasteiger partial charge in [-0.05, 0) is 64.5 Å². The van der Waals surface area contributed by atoms with Crippen LogP contribution in [-0.2, 0) is 4.79 Å². The van der Waals surface area contributed by atoms with E-state index in [4.69, 9.17) is 0 Å². The molecule has 24 heavy (non-hydrogen) atoms. The quantitative estimate of drug-likeness (QED) is 0.633. The maximum absolute atomic E-state index is 10.8. The molecule has 3 heteroatoms. The van der Waals surface area contributed by atoms with Gasteiger partial charge in [-0.25, -0.2) is 0 Å². The number of hydrogen-bond acceptors (Lipinski definition) is 2. The highest BCUT2D eigenvalue weighted by molar-refractivity contribution is 5.73. The van der Waals surface area contributed by atoms with Gasteiger partial charge in [0.1, 0.15) is 0 Å². The summed E-state index contributed by atoms with van der Waals surface area (Å²) in [5.41, 5.74) is 0. The smallest absolute Gasteiger partial charge is 0.219 e. The lowest BCUT2D eigenvalue weighted by molar-refractivity contribution is -0.130. The Morgan fingerprint density at radius 1 is 0.792 bits per heavy atom. The molecule has 0 saturated carbocycles. The Morgan fingerprint density at radius 3 is 1.42 bits per heavy atom. The second-order valence-corrected chi connectivity index (χ2v) is 7.00. The molecule has 2 heterocycles. The first-order chi connectivity index (χ1) is 11.4. The minimum absolute atomic E-state index is 0.229. The van der Waals surface area contributed by atoms with Gasteiger partial charge in [0.15, 0.2) is 0 Å². The van der Waals surface area contributed by atoms with Crippen molar-refractivity contribution < 1.29 is 4.79 Å². The van der Waals surface area contributed by atoms with Crippen molar-refractivity contribution in [2.75, 3.05) is 26.2 Å². The summed E-state index contributed by atoms with van der Waals surface area (Å²) < 4.78 is 0. The van der Waals surface area contributed by atoms with E-state index in [0.717, 1.165) is 31.0 Å². The summed E-state index contributed by atoms with van der Waals surface area (Å²) in [6.45, 7) is 23.4. The summed E-state index contributed by atoms with van der Waals surface area (Å²) in [5.74, 6) is 2.01. The van der Waals surface area contributed by atoms with Crippen LogP contribution in [0.25, 0.3) is 0 Å². The second kappa shape index (κ2) is 15.9. The summed E-state index contributed by atoms with van der Waals surface area (Å²) in [7, 11) is 0. The number of carbonyl (C=O) groups excluding carboxylic acids is 1. The van der Waals surface area contributed by atoms with Gasteiger partial charge in [-0.15, -0.1) is 0 Å². The van der Waals surface area contributed by atoms with E-state index < -0.39 is 0 Å². The van der Waals surface area contributed by atoms with Gasteiger partial charge in [0.25, 0.3) is 0 Å². The Labute approximate surface area is 153 Å². The van der Waals surface area contributed by atoms with Gasteiger partial charge in [-0.1, -0.05) is 41.5 Å². The van der Waals surface area contributed by atoms with Gasteiger partial charge >= 0.3 is 0 Å². The molecule has 0 aromatic heterocycles. The molecule has 2 aliphatic heterocycles. The largest absolute Gasteiger partial charge is 0.343 e. The topological polar surface area (TPSA) is 23.6 Å². The minimum Gasteiger partial charge on any atom is -0.343 e. The van der Waals surface area contributed by atoms with Crippen molar-refractivity contribution in [2.24, 2.45) is 11.8 Å². The van der Waals surface area contributed by atoms with Gasteiger partial charge in [-0.2, -0.15) is 0 Å². The van der Waals surface area contributed by atoms with Crippen LogP contribution in [0.15, 0.2) is 0 Å². The van der Waals surface area contributed by atoms with Crippen LogP contribution in [0.1, 0.15) is 88.0 Å². The molecule has 0 atom stereocenters. The third kappa shape index (κ3) is 11.9. The van der Waals surface area contributed by atoms with Crippen molar-refractivity contribution in [1.82, 2.24) is 9.80 Å². The van der Waals surface area contributed by atoms with E-state index in [2.05, 4.69) is 32.6 Å². The van der Waals surface area contributed by atoms with Crippen LogP contribution in [0, 0.1) is 11.8 Å². The number of amides is 1. The second-order valence-electron chi connectivity index (χ2n) is 7.00. The predicted octanol–water partition coefficient (Wildman–Crippen LogP) is 5.44. The van der Waals surface area contributed by atoms with E-state index in [0.29, 0.717) is 0 Å². The predicted molar refractivity (Wildman–Crippen MR) is 108 cm³/mol. The third-order valence-electron chi connectivity index (χ3n) is 4.78. The molecule has 2 aliphatic rings. The van der Waals surface area contributed by atoms with Crippen molar-refractivity contribution in [2.45, 2.75) is 94.0 Å². The molecular formula is C21H46N2O. The fourth-order valence-corrected chi connectivity index (χ4v) is 2.87. The highest BCUT2D eigenvalue weighted by Gasteiger charge is 2.17. The number of carbonyl (C=O) groups is 1. The van der Waals surface area contributed by atoms with E-state index in [9.17, 15) is 4.79 Å². The van der Waals surface area contributed by atoms with Crippen LogP contribution in [0.5, 0.6) is 0 Å². The molecule has 0 aromatic carbocycles. The zero-order valence-electron chi connectivity index (χ0n) is 18.2. The standard InChI is InChI=1S/C9H19N.C8H15NO.2C2H6/c1-8(2)10-6-4-9(3)5-7-10;1-7-3-5-9(6-4-7)8(2)10;2*1-2/h8-9H,4-7H2,1-3H3;7H,3-6H2,1-2H3;2*1-2H3. The maximum Gasteiger partial charge on any atom is 0.219 e. The van der Waals surface area contributed by atoms with E-state index in [1.54, 1.807) is 6.92 Å². The monoisotopic (exact) mass is 342 g/mol. The summed E-state index contributed by atoms with van der Waals surface area (Å²) in [6, 6.07) is 0.757. The maximum atomic E-state index is 10.8. The first-order valence-electron chi connectivity index (χ1n) is 10.4. The lowest BCUT2D eigenvalue weighted by Crippen LogP contribution is -2.37. The number of rotatable bonds is 1. The molecule has 0 N–H and O–H groups in total. The Hall–Kier alpha value is -0.570. The van der Waals surface area contributed by atoms with Crippen LogP contribution in [0.3, 0.4) is 0 Å². The SMILES string of the molecule is CC.CC.CC(=O)N1CCC(C)CC1.CC1CCN(C(C)C)CC1. The van der Waals surface area contributed by atoms with Crippen LogP contribution in [0.2, 0.25) is 0 Å². The summed E-state index contributed by atoms with van der Waals surface area (Å²) >= 11 is 0.